The predicted octanol–water partition coefficient (Wildman–Crippen LogP) is 4.33. The molecule has 0 saturated heterocycles. The average molecular weight is 386 g/mol. The van der Waals surface area contributed by atoms with Crippen LogP contribution < -0.4 is 4.72 Å². The Kier molecular flexibility index (Phi) is 5.36. The third kappa shape index (κ3) is 4.09. The summed E-state index contributed by atoms with van der Waals surface area (Å²) in [6.07, 6.45) is 0. The highest BCUT2D eigenvalue weighted by atomic mass is 32.2. The molecule has 0 amide bonds. The number of rotatable bonds is 6. The molecule has 1 aromatic heterocycles. The van der Waals surface area contributed by atoms with E-state index in [-0.39, 0.29) is 10.7 Å². The van der Waals surface area contributed by atoms with Crippen LogP contribution in [0.2, 0.25) is 0 Å². The van der Waals surface area contributed by atoms with E-state index in [1.807, 2.05) is 48.7 Å². The van der Waals surface area contributed by atoms with E-state index in [2.05, 4.69) is 4.72 Å². The fourth-order valence-corrected chi connectivity index (χ4v) is 4.74. The second-order valence-electron chi connectivity index (χ2n) is 6.06. The molecule has 134 valence electrons. The van der Waals surface area contributed by atoms with Crippen LogP contribution in [0.5, 0.6) is 0 Å². The summed E-state index contributed by atoms with van der Waals surface area (Å²) >= 11 is 1.49. The SMILES string of the molecule is CC(=O)c1cccc(S(=O)(=O)N[C@H](c2ccc(C)cc2)c2cccs2)c1. The van der Waals surface area contributed by atoms with Crippen LogP contribution in [0.25, 0.3) is 0 Å². The number of aryl methyl sites for hydroxylation is 1. The first-order valence-corrected chi connectivity index (χ1v) is 10.5. The third-order valence-electron chi connectivity index (χ3n) is 4.06. The quantitative estimate of drug-likeness (QED) is 0.643. The molecular formula is C20H19NO3S2. The number of carbonyl (C=O) groups excluding carboxylic acids is 1. The number of carbonyl (C=O) groups is 1. The molecule has 6 heteroatoms. The molecule has 3 aromatic rings. The molecule has 0 aliphatic rings. The number of Topliss-reactive ketones (excluding diaryl/α,β-unsaturated/α-hetero) is 1. The molecule has 0 bridgehead atoms. The van der Waals surface area contributed by atoms with Crippen molar-refractivity contribution in [1.82, 2.24) is 4.72 Å². The molecule has 3 rings (SSSR count). The molecule has 0 aliphatic heterocycles. The smallest absolute Gasteiger partial charge is 0.241 e. The molecular weight excluding hydrogens is 366 g/mol. The van der Waals surface area contributed by atoms with Crippen LogP contribution in [-0.4, -0.2) is 14.2 Å². The summed E-state index contributed by atoms with van der Waals surface area (Å²) in [5, 5.41) is 1.92. The number of benzene rings is 2. The van der Waals surface area contributed by atoms with Crippen LogP contribution in [0, 0.1) is 6.92 Å². The van der Waals surface area contributed by atoms with Gasteiger partial charge in [0.05, 0.1) is 10.9 Å². The first-order chi connectivity index (χ1) is 12.4. The zero-order valence-corrected chi connectivity index (χ0v) is 16.1. The van der Waals surface area contributed by atoms with Crippen LogP contribution in [0.4, 0.5) is 0 Å². The van der Waals surface area contributed by atoms with Gasteiger partial charge in [-0.15, -0.1) is 11.3 Å². The van der Waals surface area contributed by atoms with Crippen molar-refractivity contribution in [1.29, 1.82) is 0 Å². The summed E-state index contributed by atoms with van der Waals surface area (Å²) in [4.78, 5) is 12.6. The average Bonchev–Trinajstić information content (AvgIpc) is 3.15. The largest absolute Gasteiger partial charge is 0.295 e. The Morgan fingerprint density at radius 1 is 1.04 bits per heavy atom. The molecule has 0 radical (unpaired) electrons. The zero-order chi connectivity index (χ0) is 18.7. The molecule has 0 fully saturated rings. The normalized spacial score (nSPS) is 12.7. The van der Waals surface area contributed by atoms with Gasteiger partial charge in [0.2, 0.25) is 10.0 Å². The Bertz CT molecular complexity index is 1010. The van der Waals surface area contributed by atoms with Gasteiger partial charge in [0.1, 0.15) is 0 Å². The van der Waals surface area contributed by atoms with Gasteiger partial charge in [-0.2, -0.15) is 4.72 Å². The Hall–Kier alpha value is -2.28. The van der Waals surface area contributed by atoms with Crippen molar-refractivity contribution >= 4 is 27.1 Å². The molecule has 0 spiro atoms. The second-order valence-corrected chi connectivity index (χ2v) is 8.76. The number of ketones is 1. The van der Waals surface area contributed by atoms with Crippen LogP contribution in [0.15, 0.2) is 70.9 Å². The van der Waals surface area contributed by atoms with Gasteiger partial charge in [-0.1, -0.05) is 48.0 Å². The zero-order valence-electron chi connectivity index (χ0n) is 14.5. The molecule has 26 heavy (non-hydrogen) atoms. The van der Waals surface area contributed by atoms with E-state index in [0.29, 0.717) is 5.56 Å². The minimum atomic E-state index is -3.80. The monoisotopic (exact) mass is 385 g/mol. The molecule has 1 atom stereocenters. The van der Waals surface area contributed by atoms with Gasteiger partial charge in [0, 0.05) is 10.4 Å². The van der Waals surface area contributed by atoms with Gasteiger partial charge in [-0.3, -0.25) is 4.79 Å². The van der Waals surface area contributed by atoms with E-state index in [1.165, 1.54) is 30.4 Å². The van der Waals surface area contributed by atoms with Crippen molar-refractivity contribution in [2.75, 3.05) is 0 Å². The molecule has 0 aliphatic carbocycles. The van der Waals surface area contributed by atoms with Crippen molar-refractivity contribution < 1.29 is 13.2 Å². The minimum absolute atomic E-state index is 0.0823. The Morgan fingerprint density at radius 2 is 1.77 bits per heavy atom. The highest BCUT2D eigenvalue weighted by Gasteiger charge is 2.24. The van der Waals surface area contributed by atoms with E-state index < -0.39 is 16.1 Å². The fourth-order valence-electron chi connectivity index (χ4n) is 2.61. The lowest BCUT2D eigenvalue weighted by atomic mass is 10.0. The standard InChI is InChI=1S/C20H19NO3S2/c1-14-8-10-16(11-9-14)20(19-7-4-12-25-19)21-26(23,24)18-6-3-5-17(13-18)15(2)22/h3-13,20-21H,1-2H3/t20-/m1/s1. The van der Waals surface area contributed by atoms with Crippen molar-refractivity contribution in [2.24, 2.45) is 0 Å². The molecule has 1 heterocycles. The Balaban J connectivity index is 1.99. The van der Waals surface area contributed by atoms with Crippen LogP contribution in [0.3, 0.4) is 0 Å². The van der Waals surface area contributed by atoms with E-state index in [0.717, 1.165) is 16.0 Å². The Labute approximate surface area is 157 Å². The van der Waals surface area contributed by atoms with Gasteiger partial charge >= 0.3 is 0 Å². The van der Waals surface area contributed by atoms with Crippen molar-refractivity contribution in [2.45, 2.75) is 24.8 Å². The fraction of sp³-hybridized carbons (Fsp3) is 0.150. The molecule has 0 saturated carbocycles. The van der Waals surface area contributed by atoms with Crippen molar-refractivity contribution in [3.63, 3.8) is 0 Å². The lowest BCUT2D eigenvalue weighted by Gasteiger charge is -2.18. The number of hydrogen-bond donors (Lipinski definition) is 1. The van der Waals surface area contributed by atoms with Gasteiger partial charge in [-0.05, 0) is 43.0 Å². The molecule has 4 nitrogen and oxygen atoms in total. The molecule has 1 N–H and O–H groups in total. The summed E-state index contributed by atoms with van der Waals surface area (Å²) in [6, 6.07) is 17.2. The summed E-state index contributed by atoms with van der Waals surface area (Å²) in [5.74, 6) is -0.171. The van der Waals surface area contributed by atoms with E-state index in [4.69, 9.17) is 0 Å². The number of hydrogen-bond acceptors (Lipinski definition) is 4. The summed E-state index contributed by atoms with van der Waals surface area (Å²) in [7, 11) is -3.80. The van der Waals surface area contributed by atoms with Crippen LogP contribution in [0.1, 0.15) is 39.3 Å². The summed E-state index contributed by atoms with van der Waals surface area (Å²) < 4.78 is 28.7. The third-order valence-corrected chi connectivity index (χ3v) is 6.42. The van der Waals surface area contributed by atoms with Gasteiger partial charge in [0.25, 0.3) is 0 Å². The number of thiophene rings is 1. The van der Waals surface area contributed by atoms with Gasteiger partial charge in [0.15, 0.2) is 5.78 Å². The van der Waals surface area contributed by atoms with E-state index >= 15 is 0 Å². The predicted molar refractivity (Wildman–Crippen MR) is 104 cm³/mol. The molecule has 0 unspecified atom stereocenters. The minimum Gasteiger partial charge on any atom is -0.295 e. The second kappa shape index (κ2) is 7.53. The number of sulfonamides is 1. The highest BCUT2D eigenvalue weighted by Crippen LogP contribution is 2.28. The summed E-state index contributed by atoms with van der Waals surface area (Å²) in [6.45, 7) is 3.40. The van der Waals surface area contributed by atoms with E-state index in [1.54, 1.807) is 12.1 Å². The maximum absolute atomic E-state index is 12.9. The van der Waals surface area contributed by atoms with Crippen molar-refractivity contribution in [3.8, 4) is 0 Å². The van der Waals surface area contributed by atoms with Gasteiger partial charge in [-0.25, -0.2) is 8.42 Å². The Morgan fingerprint density at radius 3 is 2.38 bits per heavy atom. The lowest BCUT2D eigenvalue weighted by Crippen LogP contribution is -2.29. The van der Waals surface area contributed by atoms with Gasteiger partial charge < -0.3 is 0 Å². The lowest BCUT2D eigenvalue weighted by molar-refractivity contribution is 0.101. The maximum atomic E-state index is 12.9. The first-order valence-electron chi connectivity index (χ1n) is 8.10. The topological polar surface area (TPSA) is 63.2 Å². The number of nitrogens with one attached hydrogen (secondary N) is 1. The van der Waals surface area contributed by atoms with Crippen LogP contribution >= 0.6 is 11.3 Å². The van der Waals surface area contributed by atoms with Crippen LogP contribution in [-0.2, 0) is 10.0 Å². The van der Waals surface area contributed by atoms with Crippen molar-refractivity contribution in [3.05, 3.63) is 87.6 Å². The highest BCUT2D eigenvalue weighted by molar-refractivity contribution is 7.89. The van der Waals surface area contributed by atoms with E-state index in [9.17, 15) is 13.2 Å². The first kappa shape index (κ1) is 18.5. The molecule has 2 aromatic carbocycles. The maximum Gasteiger partial charge on any atom is 0.241 e. The summed E-state index contributed by atoms with van der Waals surface area (Å²) in [5.41, 5.74) is 2.34.